The molecule has 334 valence electrons. The molecular formula is C64H40BN7. The summed E-state index contributed by atoms with van der Waals surface area (Å²) in [5.74, 6) is 1.67. The summed E-state index contributed by atoms with van der Waals surface area (Å²) in [4.78, 5) is 24.2. The van der Waals surface area contributed by atoms with Crippen LogP contribution in [0.15, 0.2) is 243 Å². The van der Waals surface area contributed by atoms with Gasteiger partial charge < -0.3 is 14.4 Å². The molecule has 4 heterocycles. The molecule has 72 heavy (non-hydrogen) atoms. The van der Waals surface area contributed by atoms with Gasteiger partial charge in [-0.25, -0.2) is 19.8 Å². The average molecular weight is 918 g/mol. The van der Waals surface area contributed by atoms with Crippen LogP contribution in [-0.4, -0.2) is 26.2 Å². The van der Waals surface area contributed by atoms with Gasteiger partial charge in [-0.3, -0.25) is 0 Å². The number of rotatable bonds is 7. The largest absolute Gasteiger partial charge is 0.311 e. The molecular weight excluding hydrogens is 878 g/mol. The zero-order valence-electron chi connectivity index (χ0n) is 38.8. The Bertz CT molecular complexity index is 3960. The first kappa shape index (κ1) is 41.2. The average Bonchev–Trinajstić information content (AvgIpc) is 3.79. The molecule has 0 unspecified atom stereocenters. The summed E-state index contributed by atoms with van der Waals surface area (Å²) >= 11 is 0. The van der Waals surface area contributed by atoms with Gasteiger partial charge in [-0.2, -0.15) is 0 Å². The second kappa shape index (κ2) is 16.7. The number of nitrogens with zero attached hydrogens (tertiary/aromatic N) is 7. The fourth-order valence-corrected chi connectivity index (χ4v) is 11.1. The Morgan fingerprint density at radius 2 is 0.861 bits per heavy atom. The number of benzene rings is 10. The third kappa shape index (κ3) is 6.56. The first-order valence-electron chi connectivity index (χ1n) is 24.2. The van der Waals surface area contributed by atoms with Gasteiger partial charge in [0.25, 0.3) is 6.71 Å². The number of fused-ring (bicyclic) bond motifs is 7. The number of para-hydroxylation sites is 5. The van der Waals surface area contributed by atoms with Crippen molar-refractivity contribution in [3.63, 3.8) is 0 Å². The van der Waals surface area contributed by atoms with E-state index in [1.54, 1.807) is 0 Å². The van der Waals surface area contributed by atoms with Crippen LogP contribution in [0.2, 0.25) is 0 Å². The summed E-state index contributed by atoms with van der Waals surface area (Å²) in [6.07, 6.45) is 0. The summed E-state index contributed by atoms with van der Waals surface area (Å²) in [5, 5.41) is 2.19. The van der Waals surface area contributed by atoms with Crippen molar-refractivity contribution in [1.29, 1.82) is 0 Å². The third-order valence-electron chi connectivity index (χ3n) is 14.2. The maximum Gasteiger partial charge on any atom is 0.252 e. The topological polar surface area (TPSA) is 54.4 Å². The van der Waals surface area contributed by atoms with Gasteiger partial charge in [0.2, 0.25) is 0 Å². The Balaban J connectivity index is 1.00. The van der Waals surface area contributed by atoms with Crippen LogP contribution < -0.4 is 26.2 Å². The lowest BCUT2D eigenvalue weighted by atomic mass is 9.33. The van der Waals surface area contributed by atoms with E-state index < -0.39 is 0 Å². The highest BCUT2D eigenvalue weighted by atomic mass is 15.2. The monoisotopic (exact) mass is 917 g/mol. The minimum atomic E-state index is 0.0224. The highest BCUT2D eigenvalue weighted by Gasteiger charge is 2.43. The Labute approximate surface area is 417 Å². The third-order valence-corrected chi connectivity index (χ3v) is 14.2. The smallest absolute Gasteiger partial charge is 0.252 e. The van der Waals surface area contributed by atoms with Crippen LogP contribution in [0.4, 0.5) is 39.8 Å². The number of hydrogen-bond acceptors (Lipinski definition) is 5. The Hall–Kier alpha value is -9.84. The molecule has 2 aliphatic rings. The lowest BCUT2D eigenvalue weighted by Gasteiger charge is -2.44. The zero-order chi connectivity index (χ0) is 47.7. The molecule has 2 aliphatic heterocycles. The molecule has 8 heteroatoms. The van der Waals surface area contributed by atoms with Gasteiger partial charge in [0, 0.05) is 67.3 Å². The maximum atomic E-state index is 8.19. The van der Waals surface area contributed by atoms with Crippen LogP contribution in [0.25, 0.3) is 77.6 Å². The summed E-state index contributed by atoms with van der Waals surface area (Å²) in [7, 11) is 0. The quantitative estimate of drug-likeness (QED) is 0.118. The Kier molecular flexibility index (Phi) is 9.54. The van der Waals surface area contributed by atoms with Crippen LogP contribution in [0, 0.1) is 6.57 Å². The molecule has 10 aromatic carbocycles. The molecule has 0 fully saturated rings. The number of hydrogen-bond donors (Lipinski definition) is 0. The standard InChI is InChI=1S/C64H40BN7/c1-66-46-35-36-50(64-68-62(42-20-6-2-7-21-42)67-63(69-64)43-22-8-3-9-23-43)58(41-46)72-54-31-17-14-28-49(54)51-38-44(34-37-55(51)72)45-39-59-61-60(40-45)71(48-26-12-5-13-27-48)57-33-19-16-30-53(57)65(61)52-29-15-18-32-56(52)70(59)47-24-10-4-11-25-47/h2-41H. The van der Waals surface area contributed by atoms with E-state index in [4.69, 9.17) is 21.5 Å². The lowest BCUT2D eigenvalue weighted by molar-refractivity contribution is 1.06. The number of anilines is 6. The van der Waals surface area contributed by atoms with Gasteiger partial charge in [0.15, 0.2) is 23.2 Å². The summed E-state index contributed by atoms with van der Waals surface area (Å²) in [6, 6.07) is 85.4. The predicted molar refractivity (Wildman–Crippen MR) is 296 cm³/mol. The van der Waals surface area contributed by atoms with Crippen molar-refractivity contribution in [3.8, 4) is 51.0 Å². The van der Waals surface area contributed by atoms with E-state index in [0.29, 0.717) is 23.2 Å². The normalized spacial score (nSPS) is 12.3. The van der Waals surface area contributed by atoms with Gasteiger partial charge in [-0.15, -0.1) is 0 Å². The molecule has 0 saturated heterocycles. The molecule has 0 aliphatic carbocycles. The first-order chi connectivity index (χ1) is 35.7. The fourth-order valence-electron chi connectivity index (χ4n) is 11.1. The molecule has 0 radical (unpaired) electrons. The van der Waals surface area contributed by atoms with E-state index in [9.17, 15) is 0 Å². The maximum absolute atomic E-state index is 8.19. The van der Waals surface area contributed by atoms with Gasteiger partial charge >= 0.3 is 0 Å². The van der Waals surface area contributed by atoms with Crippen LogP contribution >= 0.6 is 0 Å². The lowest BCUT2D eigenvalue weighted by Crippen LogP contribution is -2.61. The van der Waals surface area contributed by atoms with Gasteiger partial charge in [-0.05, 0) is 100 Å². The van der Waals surface area contributed by atoms with E-state index in [1.165, 1.54) is 27.8 Å². The van der Waals surface area contributed by atoms with Crippen molar-refractivity contribution in [2.45, 2.75) is 0 Å². The first-order valence-corrected chi connectivity index (χ1v) is 24.2. The molecule has 0 spiro atoms. The highest BCUT2D eigenvalue weighted by molar-refractivity contribution is 7.00. The van der Waals surface area contributed by atoms with Crippen LogP contribution in [0.5, 0.6) is 0 Å². The highest BCUT2D eigenvalue weighted by Crippen LogP contribution is 2.47. The molecule has 0 saturated carbocycles. The van der Waals surface area contributed by atoms with E-state index in [0.717, 1.165) is 78.1 Å². The molecule has 0 N–H and O–H groups in total. The van der Waals surface area contributed by atoms with Crippen molar-refractivity contribution < 1.29 is 0 Å². The molecule has 0 bridgehead atoms. The molecule has 14 rings (SSSR count). The molecule has 0 atom stereocenters. The molecule has 0 amide bonds. The summed E-state index contributed by atoms with van der Waals surface area (Å²) in [5.41, 5.74) is 18.8. The van der Waals surface area contributed by atoms with Crippen molar-refractivity contribution >= 4 is 84.7 Å². The van der Waals surface area contributed by atoms with E-state index in [1.807, 2.05) is 78.9 Å². The van der Waals surface area contributed by atoms with Crippen molar-refractivity contribution in [2.75, 3.05) is 9.80 Å². The van der Waals surface area contributed by atoms with E-state index in [-0.39, 0.29) is 6.71 Å². The minimum absolute atomic E-state index is 0.0224. The Morgan fingerprint density at radius 1 is 0.361 bits per heavy atom. The summed E-state index contributed by atoms with van der Waals surface area (Å²) in [6.45, 7) is 8.21. The van der Waals surface area contributed by atoms with Crippen LogP contribution in [0.1, 0.15) is 0 Å². The molecule has 2 aromatic heterocycles. The van der Waals surface area contributed by atoms with Gasteiger partial charge in [0.05, 0.1) is 17.6 Å². The van der Waals surface area contributed by atoms with Gasteiger partial charge in [-0.1, -0.05) is 170 Å². The van der Waals surface area contributed by atoms with Crippen molar-refractivity contribution in [1.82, 2.24) is 19.5 Å². The minimum Gasteiger partial charge on any atom is -0.311 e. The van der Waals surface area contributed by atoms with E-state index >= 15 is 0 Å². The van der Waals surface area contributed by atoms with Crippen LogP contribution in [-0.2, 0) is 0 Å². The Morgan fingerprint density at radius 3 is 1.44 bits per heavy atom. The summed E-state index contributed by atoms with van der Waals surface area (Å²) < 4.78 is 2.27. The zero-order valence-corrected chi connectivity index (χ0v) is 38.8. The van der Waals surface area contributed by atoms with Crippen molar-refractivity contribution in [2.24, 2.45) is 0 Å². The second-order valence-corrected chi connectivity index (χ2v) is 18.3. The van der Waals surface area contributed by atoms with Crippen molar-refractivity contribution in [3.05, 3.63) is 254 Å². The second-order valence-electron chi connectivity index (χ2n) is 18.3. The molecule has 12 aromatic rings. The number of aromatic nitrogens is 4. The van der Waals surface area contributed by atoms with Crippen LogP contribution in [0.3, 0.4) is 0 Å². The predicted octanol–water partition coefficient (Wildman–Crippen LogP) is 14.3. The van der Waals surface area contributed by atoms with E-state index in [2.05, 4.69) is 183 Å². The SMILES string of the molecule is [C-]#[N+]c1ccc(-c2nc(-c3ccccc3)nc(-c3ccccc3)n2)c(-n2c3ccccc3c3cc(-c4cc5c6c(c4)N(c4ccccc4)c4ccccc4B6c4ccccc4N5c4ccccc4)ccc32)c1. The fraction of sp³-hybridized carbons (Fsp3) is 0. The van der Waals surface area contributed by atoms with Gasteiger partial charge in [0.1, 0.15) is 0 Å². The molecule has 7 nitrogen and oxygen atoms in total.